The van der Waals surface area contributed by atoms with Crippen LogP contribution >= 0.6 is 11.8 Å². The maximum Gasteiger partial charge on any atom is 0.338 e. The minimum absolute atomic E-state index is 0.0986. The van der Waals surface area contributed by atoms with Crippen molar-refractivity contribution >= 4 is 17.7 Å². The molecule has 0 aliphatic carbocycles. The summed E-state index contributed by atoms with van der Waals surface area (Å²) in [6, 6.07) is 1.77. The average molecular weight is 255 g/mol. The summed E-state index contributed by atoms with van der Waals surface area (Å²) in [7, 11) is 0. The molecule has 1 rings (SSSR count). The Balaban J connectivity index is 3.08. The monoisotopic (exact) mass is 255 g/mol. The third kappa shape index (κ3) is 3.71. The molecular weight excluding hydrogens is 238 g/mol. The maximum atomic E-state index is 11.2. The van der Waals surface area contributed by atoms with Crippen molar-refractivity contribution < 1.29 is 15.0 Å². The predicted octanol–water partition coefficient (Wildman–Crippen LogP) is 2.26. The van der Waals surface area contributed by atoms with E-state index in [1.165, 1.54) is 11.8 Å². The second-order valence-corrected chi connectivity index (χ2v) is 5.43. The molecule has 1 aromatic rings. The molecule has 4 nitrogen and oxygen atoms in total. The molecule has 5 heteroatoms. The number of carbonyl (C=O) groups is 1. The first-order valence-electron chi connectivity index (χ1n) is 5.44. The van der Waals surface area contributed by atoms with Crippen LogP contribution < -0.4 is 0 Å². The Labute approximate surface area is 105 Å². The van der Waals surface area contributed by atoms with Crippen LogP contribution in [0.25, 0.3) is 0 Å². The predicted molar refractivity (Wildman–Crippen MR) is 67.7 cm³/mol. The van der Waals surface area contributed by atoms with Crippen molar-refractivity contribution in [3.8, 4) is 0 Å². The summed E-state index contributed by atoms with van der Waals surface area (Å²) < 4.78 is 0. The second kappa shape index (κ2) is 6.02. The van der Waals surface area contributed by atoms with Crippen LogP contribution in [0.15, 0.2) is 11.1 Å². The van der Waals surface area contributed by atoms with E-state index in [0.29, 0.717) is 11.4 Å². The number of hydrogen-bond donors (Lipinski definition) is 2. The van der Waals surface area contributed by atoms with Crippen molar-refractivity contribution in [3.05, 3.63) is 22.9 Å². The van der Waals surface area contributed by atoms with Gasteiger partial charge in [-0.2, -0.15) is 0 Å². The van der Waals surface area contributed by atoms with Gasteiger partial charge >= 0.3 is 5.97 Å². The SMILES string of the molecule is Cc1cc(C)c(C(=O)O)c(SC(C)CCO)n1. The molecule has 0 radical (unpaired) electrons. The highest BCUT2D eigenvalue weighted by atomic mass is 32.2. The van der Waals surface area contributed by atoms with Gasteiger partial charge in [0.2, 0.25) is 0 Å². The summed E-state index contributed by atoms with van der Waals surface area (Å²) in [5.41, 5.74) is 1.81. The van der Waals surface area contributed by atoms with Gasteiger partial charge in [-0.05, 0) is 31.9 Å². The number of carboxylic acid groups (broad SMARTS) is 1. The Kier molecular flexibility index (Phi) is 4.96. The van der Waals surface area contributed by atoms with E-state index < -0.39 is 5.97 Å². The number of thioether (sulfide) groups is 1. The van der Waals surface area contributed by atoms with Gasteiger partial charge in [-0.15, -0.1) is 11.8 Å². The van der Waals surface area contributed by atoms with E-state index in [9.17, 15) is 9.90 Å². The zero-order chi connectivity index (χ0) is 13.0. The fourth-order valence-corrected chi connectivity index (χ4v) is 2.75. The van der Waals surface area contributed by atoms with Gasteiger partial charge in [0.25, 0.3) is 0 Å². The van der Waals surface area contributed by atoms with Crippen molar-refractivity contribution in [1.29, 1.82) is 0 Å². The molecule has 0 bridgehead atoms. The van der Waals surface area contributed by atoms with Crippen molar-refractivity contribution in [3.63, 3.8) is 0 Å². The van der Waals surface area contributed by atoms with E-state index in [1.54, 1.807) is 13.0 Å². The highest BCUT2D eigenvalue weighted by molar-refractivity contribution is 7.99. The smallest absolute Gasteiger partial charge is 0.338 e. The van der Waals surface area contributed by atoms with E-state index in [-0.39, 0.29) is 17.4 Å². The Hall–Kier alpha value is -1.07. The standard InChI is InChI=1S/C12H17NO3S/c1-7-6-8(2)13-11(10(7)12(15)16)17-9(3)4-5-14/h6,9,14H,4-5H2,1-3H3,(H,15,16). The summed E-state index contributed by atoms with van der Waals surface area (Å²) in [5.74, 6) is -0.950. The lowest BCUT2D eigenvalue weighted by Gasteiger charge is -2.13. The summed E-state index contributed by atoms with van der Waals surface area (Å²) in [4.78, 5) is 15.5. The van der Waals surface area contributed by atoms with Crippen molar-refractivity contribution in [2.45, 2.75) is 37.5 Å². The number of aryl methyl sites for hydroxylation is 2. The number of pyridine rings is 1. The average Bonchev–Trinajstić information content (AvgIpc) is 2.15. The highest BCUT2D eigenvalue weighted by Crippen LogP contribution is 2.28. The van der Waals surface area contributed by atoms with Crippen LogP contribution in [0.5, 0.6) is 0 Å². The van der Waals surface area contributed by atoms with Crippen LogP contribution in [0.2, 0.25) is 0 Å². The number of hydrogen-bond acceptors (Lipinski definition) is 4. The molecule has 1 heterocycles. The van der Waals surface area contributed by atoms with Crippen LogP contribution in [0.4, 0.5) is 0 Å². The van der Waals surface area contributed by atoms with Crippen molar-refractivity contribution in [1.82, 2.24) is 4.98 Å². The Morgan fingerprint density at radius 1 is 1.53 bits per heavy atom. The topological polar surface area (TPSA) is 70.4 Å². The minimum Gasteiger partial charge on any atom is -0.478 e. The zero-order valence-electron chi connectivity index (χ0n) is 10.2. The first-order chi connectivity index (χ1) is 7.95. The molecule has 0 saturated heterocycles. The second-order valence-electron chi connectivity index (χ2n) is 4.01. The molecule has 2 N–H and O–H groups in total. The molecule has 94 valence electrons. The number of aromatic carboxylic acids is 1. The Morgan fingerprint density at radius 2 is 2.18 bits per heavy atom. The van der Waals surface area contributed by atoms with Gasteiger partial charge < -0.3 is 10.2 Å². The van der Waals surface area contributed by atoms with E-state index in [2.05, 4.69) is 4.98 Å². The Morgan fingerprint density at radius 3 is 2.71 bits per heavy atom. The number of nitrogens with zero attached hydrogens (tertiary/aromatic N) is 1. The number of aliphatic hydroxyl groups excluding tert-OH is 1. The lowest BCUT2D eigenvalue weighted by atomic mass is 10.1. The largest absolute Gasteiger partial charge is 0.478 e. The first-order valence-corrected chi connectivity index (χ1v) is 6.32. The summed E-state index contributed by atoms with van der Waals surface area (Å²) in [5, 5.41) is 18.7. The van der Waals surface area contributed by atoms with Gasteiger partial charge in [-0.1, -0.05) is 6.92 Å². The fourth-order valence-electron chi connectivity index (χ4n) is 1.58. The van der Waals surface area contributed by atoms with Crippen LogP contribution in [0.3, 0.4) is 0 Å². The number of aromatic nitrogens is 1. The third-order valence-corrected chi connectivity index (χ3v) is 3.53. The van der Waals surface area contributed by atoms with Gasteiger partial charge in [-0.25, -0.2) is 9.78 Å². The molecular formula is C12H17NO3S. The van der Waals surface area contributed by atoms with Crippen LogP contribution in [-0.2, 0) is 0 Å². The zero-order valence-corrected chi connectivity index (χ0v) is 11.0. The molecule has 1 unspecified atom stereocenters. The number of aliphatic hydroxyl groups is 1. The van der Waals surface area contributed by atoms with Gasteiger partial charge in [0.1, 0.15) is 5.03 Å². The molecule has 0 spiro atoms. The van der Waals surface area contributed by atoms with Crippen molar-refractivity contribution in [2.24, 2.45) is 0 Å². The van der Waals surface area contributed by atoms with E-state index in [4.69, 9.17) is 5.11 Å². The maximum absolute atomic E-state index is 11.2. The highest BCUT2D eigenvalue weighted by Gasteiger charge is 2.18. The van der Waals surface area contributed by atoms with E-state index >= 15 is 0 Å². The van der Waals surface area contributed by atoms with Gasteiger partial charge in [0, 0.05) is 17.6 Å². The first kappa shape index (κ1) is 14.0. The molecule has 0 amide bonds. The molecule has 1 atom stereocenters. The summed E-state index contributed by atoms with van der Waals surface area (Å²) >= 11 is 1.40. The lowest BCUT2D eigenvalue weighted by molar-refractivity contribution is 0.0691. The van der Waals surface area contributed by atoms with Gasteiger partial charge in [0.15, 0.2) is 0 Å². The fraction of sp³-hybridized carbons (Fsp3) is 0.500. The van der Waals surface area contributed by atoms with E-state index in [1.807, 2.05) is 13.8 Å². The van der Waals surface area contributed by atoms with Crippen LogP contribution in [0.1, 0.15) is 35.0 Å². The van der Waals surface area contributed by atoms with Gasteiger partial charge in [-0.3, -0.25) is 0 Å². The lowest BCUT2D eigenvalue weighted by Crippen LogP contribution is -2.08. The van der Waals surface area contributed by atoms with Gasteiger partial charge in [0.05, 0.1) is 5.56 Å². The number of rotatable bonds is 5. The molecule has 0 aliphatic rings. The summed E-state index contributed by atoms with van der Waals surface area (Å²) in [6.07, 6.45) is 0.623. The molecule has 0 saturated carbocycles. The normalized spacial score (nSPS) is 12.5. The quantitative estimate of drug-likeness (QED) is 0.790. The Bertz CT molecular complexity index is 420. The molecule has 0 aromatic carbocycles. The van der Waals surface area contributed by atoms with Crippen molar-refractivity contribution in [2.75, 3.05) is 6.61 Å². The molecule has 1 aromatic heterocycles. The van der Waals surface area contributed by atoms with E-state index in [0.717, 1.165) is 11.3 Å². The van der Waals surface area contributed by atoms with Crippen LogP contribution in [-0.4, -0.2) is 33.0 Å². The summed E-state index contributed by atoms with van der Waals surface area (Å²) in [6.45, 7) is 5.67. The minimum atomic E-state index is -0.950. The third-order valence-electron chi connectivity index (χ3n) is 2.37. The molecule has 0 aliphatic heterocycles. The number of carboxylic acids is 1. The molecule has 0 fully saturated rings. The molecule has 17 heavy (non-hydrogen) atoms. The van der Waals surface area contributed by atoms with Crippen LogP contribution in [0, 0.1) is 13.8 Å².